The van der Waals surface area contributed by atoms with Crippen LogP contribution in [0.2, 0.25) is 0 Å². The molecule has 0 bridgehead atoms. The van der Waals surface area contributed by atoms with E-state index in [1.165, 1.54) is 30.7 Å². The second-order valence-corrected chi connectivity index (χ2v) is 5.61. The van der Waals surface area contributed by atoms with E-state index in [1.807, 2.05) is 0 Å². The molecule has 96 valence electrons. The lowest BCUT2D eigenvalue weighted by Gasteiger charge is -2.08. The number of phenols is 1. The third kappa shape index (κ3) is 2.45. The number of hydrogen-bond acceptors (Lipinski definition) is 4. The summed E-state index contributed by atoms with van der Waals surface area (Å²) in [6.45, 7) is 1.70. The SMILES string of the molecule is Cc1cc(O)ccc1NS(=O)(=O)c1cn(C)cn1. The summed E-state index contributed by atoms with van der Waals surface area (Å²) in [5.41, 5.74) is 1.05. The molecule has 2 N–H and O–H groups in total. The van der Waals surface area contributed by atoms with Gasteiger partial charge in [-0.2, -0.15) is 8.42 Å². The normalized spacial score (nSPS) is 11.4. The van der Waals surface area contributed by atoms with Gasteiger partial charge in [-0.15, -0.1) is 0 Å². The van der Waals surface area contributed by atoms with Crippen LogP contribution in [-0.2, 0) is 17.1 Å². The second kappa shape index (κ2) is 4.34. The molecule has 0 saturated carbocycles. The predicted octanol–water partition coefficient (Wildman–Crippen LogP) is 1.23. The summed E-state index contributed by atoms with van der Waals surface area (Å²) < 4.78 is 28.0. The van der Waals surface area contributed by atoms with Crippen LogP contribution in [0, 0.1) is 6.92 Å². The fraction of sp³-hybridized carbons (Fsp3) is 0.182. The van der Waals surface area contributed by atoms with E-state index in [4.69, 9.17) is 0 Å². The van der Waals surface area contributed by atoms with Crippen molar-refractivity contribution in [1.82, 2.24) is 9.55 Å². The van der Waals surface area contributed by atoms with Crippen LogP contribution in [0.5, 0.6) is 5.75 Å². The largest absolute Gasteiger partial charge is 0.508 e. The molecule has 0 radical (unpaired) electrons. The van der Waals surface area contributed by atoms with Gasteiger partial charge in [0, 0.05) is 13.2 Å². The average molecular weight is 267 g/mol. The van der Waals surface area contributed by atoms with Crippen LogP contribution in [0.25, 0.3) is 0 Å². The molecule has 7 heteroatoms. The van der Waals surface area contributed by atoms with Gasteiger partial charge in [-0.25, -0.2) is 4.98 Å². The van der Waals surface area contributed by atoms with E-state index in [0.717, 1.165) is 0 Å². The summed E-state index contributed by atoms with van der Waals surface area (Å²) >= 11 is 0. The summed E-state index contributed by atoms with van der Waals surface area (Å²) in [4.78, 5) is 3.79. The molecular formula is C11H13N3O3S. The van der Waals surface area contributed by atoms with E-state index in [2.05, 4.69) is 9.71 Å². The zero-order valence-electron chi connectivity index (χ0n) is 9.95. The minimum atomic E-state index is -3.69. The number of nitrogens with one attached hydrogen (secondary N) is 1. The summed E-state index contributed by atoms with van der Waals surface area (Å²) in [6.07, 6.45) is 2.83. The molecule has 0 saturated heterocycles. The van der Waals surface area contributed by atoms with Gasteiger partial charge in [0.15, 0.2) is 5.03 Å². The number of anilines is 1. The topological polar surface area (TPSA) is 84.2 Å². The second-order valence-electron chi connectivity index (χ2n) is 3.98. The number of imidazole rings is 1. The molecule has 0 spiro atoms. The first-order valence-corrected chi connectivity index (χ1v) is 6.67. The van der Waals surface area contributed by atoms with Gasteiger partial charge in [0.1, 0.15) is 5.75 Å². The molecule has 1 aromatic heterocycles. The first-order chi connectivity index (χ1) is 8.38. The van der Waals surface area contributed by atoms with Crippen molar-refractivity contribution in [1.29, 1.82) is 0 Å². The van der Waals surface area contributed by atoms with E-state index in [1.54, 1.807) is 18.5 Å². The Kier molecular flexibility index (Phi) is 3.00. The fourth-order valence-electron chi connectivity index (χ4n) is 1.49. The van der Waals surface area contributed by atoms with Crippen LogP contribution < -0.4 is 4.72 Å². The smallest absolute Gasteiger partial charge is 0.280 e. The number of hydrogen-bond donors (Lipinski definition) is 2. The van der Waals surface area contributed by atoms with Crippen molar-refractivity contribution in [3.63, 3.8) is 0 Å². The van der Waals surface area contributed by atoms with Gasteiger partial charge in [-0.1, -0.05) is 0 Å². The van der Waals surface area contributed by atoms with Gasteiger partial charge in [0.2, 0.25) is 0 Å². The van der Waals surface area contributed by atoms with Gasteiger partial charge in [0.05, 0.1) is 12.0 Å². The van der Waals surface area contributed by atoms with E-state index in [-0.39, 0.29) is 10.8 Å². The van der Waals surface area contributed by atoms with Gasteiger partial charge in [-0.05, 0) is 30.7 Å². The lowest BCUT2D eigenvalue weighted by molar-refractivity contribution is 0.475. The molecule has 2 aromatic rings. The van der Waals surface area contributed by atoms with Crippen molar-refractivity contribution in [3.8, 4) is 5.75 Å². The Morgan fingerprint density at radius 1 is 1.39 bits per heavy atom. The number of nitrogens with zero attached hydrogens (tertiary/aromatic N) is 2. The van der Waals surface area contributed by atoms with Crippen molar-refractivity contribution in [2.75, 3.05) is 4.72 Å². The number of aryl methyl sites for hydroxylation is 2. The number of aromatic nitrogens is 2. The van der Waals surface area contributed by atoms with E-state index in [9.17, 15) is 13.5 Å². The van der Waals surface area contributed by atoms with E-state index >= 15 is 0 Å². The van der Waals surface area contributed by atoms with Crippen LogP contribution in [0.1, 0.15) is 5.56 Å². The fourth-order valence-corrected chi connectivity index (χ4v) is 2.60. The Bertz CT molecular complexity index is 677. The Morgan fingerprint density at radius 3 is 2.67 bits per heavy atom. The van der Waals surface area contributed by atoms with Gasteiger partial charge in [-0.3, -0.25) is 4.72 Å². The maximum absolute atomic E-state index is 12.0. The highest BCUT2D eigenvalue weighted by atomic mass is 32.2. The van der Waals surface area contributed by atoms with Crippen LogP contribution in [-0.4, -0.2) is 23.1 Å². The Hall–Kier alpha value is -2.02. The van der Waals surface area contributed by atoms with Gasteiger partial charge in [0.25, 0.3) is 10.0 Å². The van der Waals surface area contributed by atoms with Crippen molar-refractivity contribution in [3.05, 3.63) is 36.3 Å². The molecule has 0 aliphatic carbocycles. The summed E-state index contributed by atoms with van der Waals surface area (Å²) in [5.74, 6) is 0.0910. The van der Waals surface area contributed by atoms with Crippen molar-refractivity contribution < 1.29 is 13.5 Å². The Morgan fingerprint density at radius 2 is 2.11 bits per heavy atom. The number of aromatic hydroxyl groups is 1. The molecule has 1 heterocycles. The molecule has 0 unspecified atom stereocenters. The van der Waals surface area contributed by atoms with Gasteiger partial charge < -0.3 is 9.67 Å². The molecular weight excluding hydrogens is 254 g/mol. The highest BCUT2D eigenvalue weighted by molar-refractivity contribution is 7.92. The van der Waals surface area contributed by atoms with Crippen LogP contribution in [0.3, 0.4) is 0 Å². The average Bonchev–Trinajstić information content (AvgIpc) is 2.70. The van der Waals surface area contributed by atoms with Crippen LogP contribution in [0.15, 0.2) is 35.7 Å². The highest BCUT2D eigenvalue weighted by Crippen LogP contribution is 2.22. The van der Waals surface area contributed by atoms with E-state index in [0.29, 0.717) is 11.3 Å². The summed E-state index contributed by atoms with van der Waals surface area (Å²) in [5, 5.41) is 9.22. The zero-order chi connectivity index (χ0) is 13.3. The molecule has 1 aromatic carbocycles. The standard InChI is InChI=1S/C11H13N3O3S/c1-8-5-9(15)3-4-10(8)13-18(16,17)11-6-14(2)7-12-11/h3-7,13,15H,1-2H3. The van der Waals surface area contributed by atoms with Crippen molar-refractivity contribution >= 4 is 15.7 Å². The first-order valence-electron chi connectivity index (χ1n) is 5.19. The minimum Gasteiger partial charge on any atom is -0.508 e. The third-order valence-electron chi connectivity index (χ3n) is 2.41. The number of phenolic OH excluding ortho intramolecular Hbond substituents is 1. The van der Waals surface area contributed by atoms with Gasteiger partial charge >= 0.3 is 0 Å². The maximum atomic E-state index is 12.0. The minimum absolute atomic E-state index is 0.0440. The highest BCUT2D eigenvalue weighted by Gasteiger charge is 2.17. The lowest BCUT2D eigenvalue weighted by atomic mass is 10.2. The van der Waals surface area contributed by atoms with E-state index < -0.39 is 10.0 Å². The summed E-state index contributed by atoms with van der Waals surface area (Å²) in [6, 6.07) is 4.41. The number of rotatable bonds is 3. The molecule has 0 amide bonds. The van der Waals surface area contributed by atoms with Crippen molar-refractivity contribution in [2.45, 2.75) is 11.9 Å². The third-order valence-corrected chi connectivity index (χ3v) is 3.66. The molecule has 2 rings (SSSR count). The maximum Gasteiger partial charge on any atom is 0.280 e. The number of sulfonamides is 1. The molecule has 0 aliphatic heterocycles. The molecule has 6 nitrogen and oxygen atoms in total. The predicted molar refractivity (Wildman–Crippen MR) is 66.9 cm³/mol. The molecule has 0 fully saturated rings. The number of benzene rings is 1. The quantitative estimate of drug-likeness (QED) is 0.819. The monoisotopic (exact) mass is 267 g/mol. The van der Waals surface area contributed by atoms with Crippen molar-refractivity contribution in [2.24, 2.45) is 7.05 Å². The first kappa shape index (κ1) is 12.4. The molecule has 18 heavy (non-hydrogen) atoms. The Labute approximate surface area is 105 Å². The Balaban J connectivity index is 2.33. The molecule has 0 atom stereocenters. The zero-order valence-corrected chi connectivity index (χ0v) is 10.8. The van der Waals surface area contributed by atoms with Crippen LogP contribution in [0.4, 0.5) is 5.69 Å². The molecule has 0 aliphatic rings. The summed E-state index contributed by atoms with van der Waals surface area (Å²) in [7, 11) is -2.00. The van der Waals surface area contributed by atoms with Crippen LogP contribution >= 0.6 is 0 Å². The lowest BCUT2D eigenvalue weighted by Crippen LogP contribution is -2.14.